The minimum atomic E-state index is -0.162. The van der Waals surface area contributed by atoms with Crippen molar-refractivity contribution in [2.45, 2.75) is 49.4 Å². The largest absolute Gasteiger partial charge is 0.351 e. The van der Waals surface area contributed by atoms with Crippen molar-refractivity contribution in [1.29, 1.82) is 0 Å². The first-order valence-electron chi connectivity index (χ1n) is 5.14. The zero-order valence-electron chi connectivity index (χ0n) is 8.80. The van der Waals surface area contributed by atoms with Crippen LogP contribution in [0.25, 0.3) is 0 Å². The quantitative estimate of drug-likeness (QED) is 0.733. The number of carbonyl (C=O) groups excluding carboxylic acids is 1. The average Bonchev–Trinajstić information content (AvgIpc) is 2.77. The van der Waals surface area contributed by atoms with E-state index in [1.54, 1.807) is 0 Å². The Morgan fingerprint density at radius 3 is 2.57 bits per heavy atom. The number of carbonyl (C=O) groups is 1. The van der Waals surface area contributed by atoms with Crippen molar-refractivity contribution >= 4 is 17.7 Å². The van der Waals surface area contributed by atoms with E-state index in [0.717, 1.165) is 18.6 Å². The lowest BCUT2D eigenvalue weighted by Gasteiger charge is -2.44. The van der Waals surface area contributed by atoms with Crippen LogP contribution in [-0.2, 0) is 4.79 Å². The van der Waals surface area contributed by atoms with Crippen molar-refractivity contribution in [3.8, 4) is 0 Å². The number of hydrogen-bond acceptors (Lipinski definition) is 3. The van der Waals surface area contributed by atoms with E-state index in [-0.39, 0.29) is 16.2 Å². The molecule has 1 aliphatic heterocycles. The van der Waals surface area contributed by atoms with Gasteiger partial charge in [0, 0.05) is 22.5 Å². The van der Waals surface area contributed by atoms with Crippen molar-refractivity contribution in [3.63, 3.8) is 0 Å². The van der Waals surface area contributed by atoms with Crippen LogP contribution in [0.15, 0.2) is 0 Å². The minimum Gasteiger partial charge on any atom is -0.351 e. The van der Waals surface area contributed by atoms with Crippen LogP contribution >= 0.6 is 11.8 Å². The Bertz CT molecular complexity index is 261. The fourth-order valence-corrected chi connectivity index (χ4v) is 2.76. The molecule has 1 aliphatic carbocycles. The van der Waals surface area contributed by atoms with Gasteiger partial charge in [0.1, 0.15) is 0 Å². The average molecular weight is 214 g/mol. The van der Waals surface area contributed by atoms with E-state index in [0.29, 0.717) is 12.5 Å². The molecule has 0 aromatic heterocycles. The summed E-state index contributed by atoms with van der Waals surface area (Å²) < 4.78 is 0.209. The summed E-state index contributed by atoms with van der Waals surface area (Å²) in [6.07, 6.45) is 2.51. The maximum Gasteiger partial charge on any atom is 0.222 e. The first-order chi connectivity index (χ1) is 6.41. The monoisotopic (exact) mass is 214 g/mol. The van der Waals surface area contributed by atoms with E-state index in [2.05, 4.69) is 19.2 Å². The van der Waals surface area contributed by atoms with Gasteiger partial charge in [-0.2, -0.15) is 11.8 Å². The van der Waals surface area contributed by atoms with Crippen molar-refractivity contribution in [3.05, 3.63) is 0 Å². The molecule has 0 aromatic carbocycles. The highest BCUT2D eigenvalue weighted by atomic mass is 32.2. The molecule has 14 heavy (non-hydrogen) atoms. The molecule has 3 nitrogen and oxygen atoms in total. The van der Waals surface area contributed by atoms with Gasteiger partial charge in [0.2, 0.25) is 5.91 Å². The molecular formula is C10H18N2OS. The van der Waals surface area contributed by atoms with E-state index < -0.39 is 0 Å². The van der Waals surface area contributed by atoms with Gasteiger partial charge in [0.25, 0.3) is 0 Å². The molecule has 1 saturated heterocycles. The Kier molecular flexibility index (Phi) is 2.31. The zero-order valence-corrected chi connectivity index (χ0v) is 9.62. The van der Waals surface area contributed by atoms with Crippen LogP contribution in [0.4, 0.5) is 0 Å². The van der Waals surface area contributed by atoms with Crippen molar-refractivity contribution < 1.29 is 4.79 Å². The van der Waals surface area contributed by atoms with E-state index in [1.165, 1.54) is 0 Å². The highest BCUT2D eigenvalue weighted by Crippen LogP contribution is 2.40. The van der Waals surface area contributed by atoms with Crippen molar-refractivity contribution in [2.24, 2.45) is 5.73 Å². The number of rotatable bonds is 3. The first-order valence-corrected chi connectivity index (χ1v) is 6.12. The molecule has 2 aliphatic rings. The van der Waals surface area contributed by atoms with Gasteiger partial charge in [-0.15, -0.1) is 0 Å². The molecule has 2 rings (SSSR count). The molecule has 0 bridgehead atoms. The molecule has 1 amide bonds. The van der Waals surface area contributed by atoms with E-state index in [1.807, 2.05) is 11.8 Å². The second kappa shape index (κ2) is 3.14. The van der Waals surface area contributed by atoms with Crippen LogP contribution in [0.3, 0.4) is 0 Å². The zero-order chi connectivity index (χ0) is 10.4. The minimum absolute atomic E-state index is 0.128. The first kappa shape index (κ1) is 10.3. The number of nitrogens with one attached hydrogen (secondary N) is 1. The smallest absolute Gasteiger partial charge is 0.222 e. The predicted molar refractivity (Wildman–Crippen MR) is 59.2 cm³/mol. The summed E-state index contributed by atoms with van der Waals surface area (Å²) in [6, 6.07) is 0.336. The lowest BCUT2D eigenvalue weighted by molar-refractivity contribution is -0.122. The van der Waals surface area contributed by atoms with E-state index >= 15 is 0 Å². The lowest BCUT2D eigenvalue weighted by Crippen LogP contribution is -2.57. The molecular weight excluding hydrogens is 196 g/mol. The molecule has 1 saturated carbocycles. The van der Waals surface area contributed by atoms with Crippen molar-refractivity contribution in [2.75, 3.05) is 5.75 Å². The highest BCUT2D eigenvalue weighted by Gasteiger charge is 2.43. The van der Waals surface area contributed by atoms with Gasteiger partial charge in [-0.3, -0.25) is 4.79 Å². The number of amides is 1. The SMILES string of the molecule is CC1(C)SCC1NC(=O)CC1(N)CC1. The fourth-order valence-electron chi connectivity index (χ4n) is 1.62. The highest BCUT2D eigenvalue weighted by molar-refractivity contribution is 8.02. The standard InChI is InChI=1S/C10H18N2OS/c1-9(2)7(6-14-9)12-8(13)5-10(11)3-4-10/h7H,3-6,11H2,1-2H3,(H,12,13). The Morgan fingerprint density at radius 2 is 2.21 bits per heavy atom. The lowest BCUT2D eigenvalue weighted by atomic mass is 10.0. The van der Waals surface area contributed by atoms with E-state index in [9.17, 15) is 4.79 Å². The normalized spacial score (nSPS) is 31.8. The van der Waals surface area contributed by atoms with Gasteiger partial charge >= 0.3 is 0 Å². The second-order valence-corrected chi connectivity index (χ2v) is 6.75. The van der Waals surface area contributed by atoms with Crippen LogP contribution in [0.1, 0.15) is 33.1 Å². The maximum absolute atomic E-state index is 11.6. The van der Waals surface area contributed by atoms with Crippen LogP contribution in [0.2, 0.25) is 0 Å². The third-order valence-corrected chi connectivity index (χ3v) is 4.73. The summed E-state index contributed by atoms with van der Waals surface area (Å²) in [6.45, 7) is 4.34. The summed E-state index contributed by atoms with van der Waals surface area (Å²) in [5.74, 6) is 1.17. The van der Waals surface area contributed by atoms with Crippen molar-refractivity contribution in [1.82, 2.24) is 5.32 Å². The summed E-state index contributed by atoms with van der Waals surface area (Å²) in [4.78, 5) is 11.6. The number of nitrogens with two attached hydrogens (primary N) is 1. The number of thioether (sulfide) groups is 1. The van der Waals surface area contributed by atoms with Gasteiger partial charge in [-0.25, -0.2) is 0 Å². The molecule has 1 atom stereocenters. The Balaban J connectivity index is 1.77. The van der Waals surface area contributed by atoms with Gasteiger partial charge < -0.3 is 11.1 Å². The number of hydrogen-bond donors (Lipinski definition) is 2. The molecule has 0 spiro atoms. The summed E-state index contributed by atoms with van der Waals surface area (Å²) >= 11 is 1.90. The maximum atomic E-state index is 11.6. The van der Waals surface area contributed by atoms with Crippen LogP contribution in [0, 0.1) is 0 Å². The van der Waals surface area contributed by atoms with Crippen LogP contribution < -0.4 is 11.1 Å². The molecule has 1 unspecified atom stereocenters. The summed E-state index contributed by atoms with van der Waals surface area (Å²) in [5.41, 5.74) is 5.72. The third kappa shape index (κ3) is 2.06. The second-order valence-electron chi connectivity index (χ2n) is 5.07. The van der Waals surface area contributed by atoms with E-state index in [4.69, 9.17) is 5.73 Å². The van der Waals surface area contributed by atoms with Crippen LogP contribution in [-0.4, -0.2) is 28.0 Å². The molecule has 0 aromatic rings. The van der Waals surface area contributed by atoms with Gasteiger partial charge in [0.05, 0.1) is 6.04 Å². The molecule has 1 heterocycles. The Labute approximate surface area is 89.2 Å². The van der Waals surface area contributed by atoms with Gasteiger partial charge in [-0.05, 0) is 26.7 Å². The topological polar surface area (TPSA) is 55.1 Å². The molecule has 3 N–H and O–H groups in total. The Morgan fingerprint density at radius 1 is 1.57 bits per heavy atom. The summed E-state index contributed by atoms with van der Waals surface area (Å²) in [7, 11) is 0. The molecule has 80 valence electrons. The fraction of sp³-hybridized carbons (Fsp3) is 0.900. The van der Waals surface area contributed by atoms with Gasteiger partial charge in [-0.1, -0.05) is 0 Å². The molecule has 4 heteroatoms. The predicted octanol–water partition coefficient (Wildman–Crippen LogP) is 0.878. The summed E-state index contributed by atoms with van der Waals surface area (Å²) in [5, 5.41) is 3.06. The third-order valence-electron chi connectivity index (χ3n) is 3.20. The van der Waals surface area contributed by atoms with Crippen LogP contribution in [0.5, 0.6) is 0 Å². The van der Waals surface area contributed by atoms with Gasteiger partial charge in [0.15, 0.2) is 0 Å². The molecule has 2 fully saturated rings. The Hall–Kier alpha value is -0.220. The molecule has 0 radical (unpaired) electrons.